The molecular formula is C10H24NO2P. The fraction of sp³-hybridized carbons (Fsp3) is 1.00. The summed E-state index contributed by atoms with van der Waals surface area (Å²) in [6.07, 6.45) is 2.12. The van der Waals surface area contributed by atoms with E-state index < -0.39 is 8.53 Å². The molecular weight excluding hydrogens is 197 g/mol. The second-order valence-corrected chi connectivity index (χ2v) is 5.23. The van der Waals surface area contributed by atoms with Gasteiger partial charge in [-0.15, -0.1) is 0 Å². The minimum atomic E-state index is -1.40. The van der Waals surface area contributed by atoms with Gasteiger partial charge in [0, 0.05) is 12.1 Å². The molecule has 4 heteroatoms. The summed E-state index contributed by atoms with van der Waals surface area (Å²) in [4.78, 5) is 9.84. The van der Waals surface area contributed by atoms with Crippen LogP contribution in [0.5, 0.6) is 0 Å². The van der Waals surface area contributed by atoms with E-state index in [1.54, 1.807) is 0 Å². The molecule has 0 heterocycles. The molecule has 3 nitrogen and oxygen atoms in total. The van der Waals surface area contributed by atoms with Crippen molar-refractivity contribution in [2.45, 2.75) is 59.5 Å². The first kappa shape index (κ1) is 14.3. The van der Waals surface area contributed by atoms with E-state index in [1.807, 2.05) is 4.67 Å². The Morgan fingerprint density at radius 2 is 1.71 bits per heavy atom. The predicted molar refractivity (Wildman–Crippen MR) is 62.1 cm³/mol. The van der Waals surface area contributed by atoms with Crippen LogP contribution < -0.4 is 0 Å². The summed E-state index contributed by atoms with van der Waals surface area (Å²) >= 11 is 0. The van der Waals surface area contributed by atoms with Crippen molar-refractivity contribution in [2.24, 2.45) is 0 Å². The summed E-state index contributed by atoms with van der Waals surface area (Å²) in [5.74, 6) is 0. The predicted octanol–water partition coefficient (Wildman–Crippen LogP) is 3.14. The van der Waals surface area contributed by atoms with Crippen LogP contribution in [-0.2, 0) is 4.52 Å². The van der Waals surface area contributed by atoms with Gasteiger partial charge >= 0.3 is 0 Å². The number of hydrogen-bond acceptors (Lipinski definition) is 3. The van der Waals surface area contributed by atoms with Crippen LogP contribution in [-0.4, -0.2) is 28.3 Å². The molecule has 0 aliphatic rings. The molecule has 0 rings (SSSR count). The lowest BCUT2D eigenvalue weighted by atomic mass is 10.3. The Labute approximate surface area is 89.4 Å². The van der Waals surface area contributed by atoms with Crippen molar-refractivity contribution in [3.63, 3.8) is 0 Å². The Morgan fingerprint density at radius 3 is 2.07 bits per heavy atom. The molecule has 0 fully saturated rings. The maximum atomic E-state index is 9.84. The van der Waals surface area contributed by atoms with Crippen LogP contribution in [0.2, 0.25) is 0 Å². The van der Waals surface area contributed by atoms with Gasteiger partial charge in [-0.3, -0.25) is 0 Å². The highest BCUT2D eigenvalue weighted by Gasteiger charge is 2.23. The summed E-state index contributed by atoms with van der Waals surface area (Å²) in [6.45, 7) is 11.1. The van der Waals surface area contributed by atoms with E-state index in [0.29, 0.717) is 18.7 Å². The molecule has 0 saturated carbocycles. The van der Waals surface area contributed by atoms with Crippen molar-refractivity contribution in [2.75, 3.05) is 6.61 Å². The first-order valence-electron chi connectivity index (χ1n) is 5.40. The van der Waals surface area contributed by atoms with Crippen LogP contribution in [0.3, 0.4) is 0 Å². The molecule has 1 N–H and O–H groups in total. The number of unbranched alkanes of at least 4 members (excludes halogenated alkanes) is 1. The topological polar surface area (TPSA) is 32.7 Å². The van der Waals surface area contributed by atoms with Gasteiger partial charge in [-0.1, -0.05) is 13.3 Å². The maximum absolute atomic E-state index is 9.84. The zero-order valence-corrected chi connectivity index (χ0v) is 10.9. The fourth-order valence-corrected chi connectivity index (χ4v) is 2.56. The smallest absolute Gasteiger partial charge is 0.256 e. The van der Waals surface area contributed by atoms with Gasteiger partial charge in [-0.05, 0) is 34.1 Å². The van der Waals surface area contributed by atoms with E-state index in [0.717, 1.165) is 12.8 Å². The third-order valence-electron chi connectivity index (χ3n) is 1.96. The number of hydrogen-bond donors (Lipinski definition) is 1. The molecule has 0 aromatic carbocycles. The highest BCUT2D eigenvalue weighted by Crippen LogP contribution is 2.40. The van der Waals surface area contributed by atoms with Crippen LogP contribution in [0.15, 0.2) is 0 Å². The average molecular weight is 221 g/mol. The normalized spacial score (nSPS) is 14.4. The van der Waals surface area contributed by atoms with Crippen molar-refractivity contribution in [1.82, 2.24) is 4.67 Å². The lowest BCUT2D eigenvalue weighted by molar-refractivity contribution is 0.210. The van der Waals surface area contributed by atoms with E-state index in [-0.39, 0.29) is 0 Å². The van der Waals surface area contributed by atoms with Gasteiger partial charge in [0.05, 0.1) is 6.61 Å². The van der Waals surface area contributed by atoms with Crippen LogP contribution in [0.25, 0.3) is 0 Å². The van der Waals surface area contributed by atoms with Gasteiger partial charge < -0.3 is 9.42 Å². The lowest BCUT2D eigenvalue weighted by Crippen LogP contribution is -2.32. The van der Waals surface area contributed by atoms with Gasteiger partial charge in [-0.25, -0.2) is 4.67 Å². The second-order valence-electron chi connectivity index (χ2n) is 4.01. The molecule has 0 radical (unpaired) electrons. The molecule has 0 saturated heterocycles. The molecule has 86 valence electrons. The zero-order valence-electron chi connectivity index (χ0n) is 10.0. The first-order chi connectivity index (χ1) is 6.50. The Bertz CT molecular complexity index is 134. The number of rotatable bonds is 7. The van der Waals surface area contributed by atoms with Crippen molar-refractivity contribution in [3.05, 3.63) is 0 Å². The highest BCUT2D eigenvalue weighted by atomic mass is 31.2. The first-order valence-corrected chi connectivity index (χ1v) is 6.57. The SMILES string of the molecule is CCCCOP(O)N(C(C)C)C(C)C. The molecule has 1 unspecified atom stereocenters. The fourth-order valence-electron chi connectivity index (χ4n) is 1.35. The van der Waals surface area contributed by atoms with Gasteiger partial charge in [0.25, 0.3) is 8.53 Å². The van der Waals surface area contributed by atoms with Crippen molar-refractivity contribution >= 4 is 8.53 Å². The van der Waals surface area contributed by atoms with Crippen LogP contribution >= 0.6 is 8.53 Å². The molecule has 0 aliphatic heterocycles. The quantitative estimate of drug-likeness (QED) is 0.529. The minimum absolute atomic E-state index is 0.327. The maximum Gasteiger partial charge on any atom is 0.256 e. The van der Waals surface area contributed by atoms with Gasteiger partial charge in [0.2, 0.25) is 0 Å². The lowest BCUT2D eigenvalue weighted by Gasteiger charge is -2.32. The molecule has 0 aromatic rings. The van der Waals surface area contributed by atoms with E-state index in [9.17, 15) is 4.89 Å². The third kappa shape index (κ3) is 5.26. The third-order valence-corrected chi connectivity index (χ3v) is 3.69. The van der Waals surface area contributed by atoms with Crippen LogP contribution in [0, 0.1) is 0 Å². The summed E-state index contributed by atoms with van der Waals surface area (Å²) in [5.41, 5.74) is 0. The van der Waals surface area contributed by atoms with E-state index in [1.165, 1.54) is 0 Å². The molecule has 14 heavy (non-hydrogen) atoms. The largest absolute Gasteiger partial charge is 0.338 e. The van der Waals surface area contributed by atoms with Crippen LogP contribution in [0.1, 0.15) is 47.5 Å². The molecule has 1 atom stereocenters. The molecule has 0 aromatic heterocycles. The minimum Gasteiger partial charge on any atom is -0.338 e. The molecule has 0 spiro atoms. The second kappa shape index (κ2) is 7.58. The van der Waals surface area contributed by atoms with E-state index in [4.69, 9.17) is 4.52 Å². The zero-order chi connectivity index (χ0) is 11.1. The van der Waals surface area contributed by atoms with Gasteiger partial charge in [-0.2, -0.15) is 0 Å². The van der Waals surface area contributed by atoms with Gasteiger partial charge in [0.15, 0.2) is 0 Å². The van der Waals surface area contributed by atoms with Crippen molar-refractivity contribution < 1.29 is 9.42 Å². The Balaban J connectivity index is 3.96. The summed E-state index contributed by atoms with van der Waals surface area (Å²) in [6, 6.07) is 0.653. The van der Waals surface area contributed by atoms with Crippen molar-refractivity contribution in [3.8, 4) is 0 Å². The average Bonchev–Trinajstić information content (AvgIpc) is 2.03. The number of nitrogens with zero attached hydrogens (tertiary/aromatic N) is 1. The highest BCUT2D eigenvalue weighted by molar-refractivity contribution is 7.43. The summed E-state index contributed by atoms with van der Waals surface area (Å²) in [5, 5.41) is 0. The summed E-state index contributed by atoms with van der Waals surface area (Å²) < 4.78 is 7.43. The van der Waals surface area contributed by atoms with Gasteiger partial charge in [0.1, 0.15) is 0 Å². The van der Waals surface area contributed by atoms with Crippen LogP contribution in [0.4, 0.5) is 0 Å². The molecule has 0 amide bonds. The Morgan fingerprint density at radius 1 is 1.21 bits per heavy atom. The standard InChI is InChI=1S/C10H24NO2P/c1-6-7-8-13-14(12)11(9(2)3)10(4)5/h9-10,12H,6-8H2,1-5H3. The Kier molecular flexibility index (Phi) is 7.75. The Hall–Kier alpha value is 0.310. The monoisotopic (exact) mass is 221 g/mol. The van der Waals surface area contributed by atoms with E-state index in [2.05, 4.69) is 34.6 Å². The molecule has 0 aliphatic carbocycles. The molecule has 0 bridgehead atoms. The summed E-state index contributed by atoms with van der Waals surface area (Å²) in [7, 11) is -1.40. The van der Waals surface area contributed by atoms with E-state index >= 15 is 0 Å². The van der Waals surface area contributed by atoms with Crippen molar-refractivity contribution in [1.29, 1.82) is 0 Å².